The van der Waals surface area contributed by atoms with Crippen LogP contribution in [0.4, 0.5) is 0 Å². The topological polar surface area (TPSA) is 64.9 Å². The lowest BCUT2D eigenvalue weighted by Gasteiger charge is -2.12. The molecule has 0 aliphatic rings. The van der Waals surface area contributed by atoms with Gasteiger partial charge in [-0.3, -0.25) is 4.79 Å². The van der Waals surface area contributed by atoms with Crippen molar-refractivity contribution in [3.8, 4) is 6.07 Å². The van der Waals surface area contributed by atoms with E-state index in [9.17, 15) is 4.79 Å². The van der Waals surface area contributed by atoms with Gasteiger partial charge >= 0.3 is 0 Å². The fourth-order valence-corrected chi connectivity index (χ4v) is 1.55. The van der Waals surface area contributed by atoms with Crippen LogP contribution in [0.2, 0.25) is 0 Å². The van der Waals surface area contributed by atoms with Crippen molar-refractivity contribution in [1.29, 1.82) is 5.26 Å². The van der Waals surface area contributed by atoms with Crippen LogP contribution < -0.4 is 10.6 Å². The summed E-state index contributed by atoms with van der Waals surface area (Å²) in [5.74, 6) is -0.103. The summed E-state index contributed by atoms with van der Waals surface area (Å²) in [6.45, 7) is 2.30. The van der Waals surface area contributed by atoms with Gasteiger partial charge in [0.1, 0.15) is 11.6 Å². The van der Waals surface area contributed by atoms with Gasteiger partial charge in [-0.2, -0.15) is 5.26 Å². The number of carbonyl (C=O) groups excluding carboxylic acids is 1. The predicted molar refractivity (Wildman–Crippen MR) is 75.4 cm³/mol. The average Bonchev–Trinajstić information content (AvgIpc) is 2.46. The molecule has 0 heterocycles. The van der Waals surface area contributed by atoms with Crippen LogP contribution >= 0.6 is 11.6 Å². The van der Waals surface area contributed by atoms with Crippen molar-refractivity contribution in [2.45, 2.75) is 13.0 Å². The number of hydrogen-bond donors (Lipinski definition) is 2. The monoisotopic (exact) mass is 277 g/mol. The first-order valence-electron chi connectivity index (χ1n) is 5.94. The molecule has 1 aromatic rings. The molecule has 0 aliphatic heterocycles. The number of amides is 1. The van der Waals surface area contributed by atoms with E-state index in [0.717, 1.165) is 5.56 Å². The molecule has 1 atom stereocenters. The molecular weight excluding hydrogens is 262 g/mol. The molecule has 1 rings (SSSR count). The molecule has 100 valence electrons. The lowest BCUT2D eigenvalue weighted by molar-refractivity contribution is -0.117. The first kappa shape index (κ1) is 15.1. The Bertz CT molecular complexity index is 479. The van der Waals surface area contributed by atoms with E-state index in [2.05, 4.69) is 10.6 Å². The van der Waals surface area contributed by atoms with Crippen LogP contribution in [0.5, 0.6) is 0 Å². The molecule has 0 radical (unpaired) electrons. The number of alkyl halides is 1. The zero-order valence-electron chi connectivity index (χ0n) is 10.7. The Hall–Kier alpha value is -1.99. The maximum atomic E-state index is 11.6. The fourth-order valence-electron chi connectivity index (χ4n) is 1.45. The highest BCUT2D eigenvalue weighted by molar-refractivity contribution is 6.18. The quantitative estimate of drug-likeness (QED) is 0.475. The Morgan fingerprint density at radius 3 is 2.74 bits per heavy atom. The van der Waals surface area contributed by atoms with Gasteiger partial charge in [0.05, 0.1) is 0 Å². The van der Waals surface area contributed by atoms with E-state index in [0.29, 0.717) is 12.4 Å². The Morgan fingerprint density at radius 2 is 2.16 bits per heavy atom. The van der Waals surface area contributed by atoms with E-state index < -0.39 is 5.91 Å². The van der Waals surface area contributed by atoms with Crippen LogP contribution in [0.3, 0.4) is 0 Å². The van der Waals surface area contributed by atoms with Crippen molar-refractivity contribution < 1.29 is 4.79 Å². The van der Waals surface area contributed by atoms with Crippen LogP contribution in [-0.2, 0) is 4.79 Å². The van der Waals surface area contributed by atoms with Gasteiger partial charge in [-0.25, -0.2) is 0 Å². The Kier molecular flexibility index (Phi) is 6.48. The molecule has 0 aromatic heterocycles. The van der Waals surface area contributed by atoms with Gasteiger partial charge in [-0.05, 0) is 12.5 Å². The largest absolute Gasteiger partial charge is 0.383 e. The number of halogens is 1. The molecule has 0 spiro atoms. The lowest BCUT2D eigenvalue weighted by Crippen LogP contribution is -2.27. The summed E-state index contributed by atoms with van der Waals surface area (Å²) in [5.41, 5.74) is 1.12. The number of nitrogens with zero attached hydrogens (tertiary/aromatic N) is 1. The maximum absolute atomic E-state index is 11.6. The molecule has 0 saturated carbocycles. The van der Waals surface area contributed by atoms with E-state index in [4.69, 9.17) is 16.9 Å². The highest BCUT2D eigenvalue weighted by Crippen LogP contribution is 2.11. The number of carbonyl (C=O) groups is 1. The molecule has 0 bridgehead atoms. The van der Waals surface area contributed by atoms with Gasteiger partial charge < -0.3 is 10.6 Å². The Labute approximate surface area is 118 Å². The molecule has 0 fully saturated rings. The predicted octanol–water partition coefficient (Wildman–Crippen LogP) is 2.10. The van der Waals surface area contributed by atoms with Gasteiger partial charge in [0.2, 0.25) is 0 Å². The zero-order chi connectivity index (χ0) is 14.1. The van der Waals surface area contributed by atoms with Crippen LogP contribution in [0.25, 0.3) is 0 Å². The molecular formula is C14H16ClN3O. The number of nitriles is 1. The van der Waals surface area contributed by atoms with Crippen LogP contribution in [0, 0.1) is 11.3 Å². The van der Waals surface area contributed by atoms with Crippen LogP contribution in [-0.4, -0.2) is 18.3 Å². The van der Waals surface area contributed by atoms with Crippen molar-refractivity contribution in [2.24, 2.45) is 0 Å². The molecule has 4 nitrogen and oxygen atoms in total. The maximum Gasteiger partial charge on any atom is 0.263 e. The summed E-state index contributed by atoms with van der Waals surface area (Å²) in [5, 5.41) is 14.5. The molecule has 0 aliphatic carbocycles. The third kappa shape index (κ3) is 5.02. The van der Waals surface area contributed by atoms with E-state index in [1.165, 1.54) is 6.20 Å². The molecule has 0 saturated heterocycles. The number of nitrogens with one attached hydrogen (secondary N) is 2. The molecule has 1 amide bonds. The fraction of sp³-hybridized carbons (Fsp3) is 0.286. The molecule has 5 heteroatoms. The highest BCUT2D eigenvalue weighted by Gasteiger charge is 2.09. The third-order valence-electron chi connectivity index (χ3n) is 2.52. The van der Waals surface area contributed by atoms with E-state index in [-0.39, 0.29) is 11.6 Å². The minimum absolute atomic E-state index is 0.0189. The number of hydrogen-bond acceptors (Lipinski definition) is 3. The molecule has 2 N–H and O–H groups in total. The number of benzene rings is 1. The van der Waals surface area contributed by atoms with E-state index in [1.54, 1.807) is 0 Å². The normalized spacial score (nSPS) is 12.4. The van der Waals surface area contributed by atoms with Crippen molar-refractivity contribution in [2.75, 3.05) is 12.4 Å². The highest BCUT2D eigenvalue weighted by atomic mass is 35.5. The summed E-state index contributed by atoms with van der Waals surface area (Å²) in [7, 11) is 0. The van der Waals surface area contributed by atoms with Crippen molar-refractivity contribution in [1.82, 2.24) is 10.6 Å². The van der Waals surface area contributed by atoms with E-state index in [1.807, 2.05) is 43.3 Å². The second kappa shape index (κ2) is 8.17. The van der Waals surface area contributed by atoms with Gasteiger partial charge in [0, 0.05) is 24.7 Å². The second-order valence-electron chi connectivity index (χ2n) is 3.91. The molecule has 19 heavy (non-hydrogen) atoms. The third-order valence-corrected chi connectivity index (χ3v) is 2.71. The summed E-state index contributed by atoms with van der Waals surface area (Å²) in [4.78, 5) is 11.6. The minimum Gasteiger partial charge on any atom is -0.383 e. The summed E-state index contributed by atoms with van der Waals surface area (Å²) < 4.78 is 0. The van der Waals surface area contributed by atoms with Gasteiger partial charge in [0.25, 0.3) is 5.91 Å². The van der Waals surface area contributed by atoms with Crippen LogP contribution in [0.1, 0.15) is 18.5 Å². The summed E-state index contributed by atoms with van der Waals surface area (Å²) in [6, 6.07) is 11.7. The molecule has 1 unspecified atom stereocenters. The second-order valence-corrected chi connectivity index (χ2v) is 4.29. The summed E-state index contributed by atoms with van der Waals surface area (Å²) in [6.07, 6.45) is 1.43. The van der Waals surface area contributed by atoms with Gasteiger partial charge in [-0.1, -0.05) is 30.3 Å². The number of rotatable bonds is 6. The lowest BCUT2D eigenvalue weighted by atomic mass is 10.1. The average molecular weight is 278 g/mol. The van der Waals surface area contributed by atoms with Gasteiger partial charge in [0.15, 0.2) is 0 Å². The minimum atomic E-state index is -0.420. The SMILES string of the molecule is CC(N/C=C(/C#N)C(=O)NCCCl)c1ccccc1. The van der Waals surface area contributed by atoms with Crippen molar-refractivity contribution in [3.63, 3.8) is 0 Å². The standard InChI is InChI=1S/C14H16ClN3O/c1-11(12-5-3-2-4-6-12)18-10-13(9-16)14(19)17-8-7-15/h2-6,10-11,18H,7-8H2,1H3,(H,17,19)/b13-10-. The van der Waals surface area contributed by atoms with Gasteiger partial charge in [-0.15, -0.1) is 11.6 Å². The first-order chi connectivity index (χ1) is 9.19. The van der Waals surface area contributed by atoms with Crippen molar-refractivity contribution in [3.05, 3.63) is 47.7 Å². The molecule has 1 aromatic carbocycles. The smallest absolute Gasteiger partial charge is 0.263 e. The zero-order valence-corrected chi connectivity index (χ0v) is 11.4. The Morgan fingerprint density at radius 1 is 1.47 bits per heavy atom. The first-order valence-corrected chi connectivity index (χ1v) is 6.48. The summed E-state index contributed by atoms with van der Waals surface area (Å²) >= 11 is 5.47. The van der Waals surface area contributed by atoms with Crippen molar-refractivity contribution >= 4 is 17.5 Å². The Balaban J connectivity index is 2.63. The van der Waals surface area contributed by atoms with E-state index >= 15 is 0 Å². The van der Waals surface area contributed by atoms with Crippen LogP contribution in [0.15, 0.2) is 42.1 Å².